The molecule has 1 amide bonds. The minimum absolute atomic E-state index is 0.0751. The standard InChI is InChI=1S/C19H21FN2O3/c1-22(11-12-23)16-7-5-15(6-8-16)21-19(24)10-4-14-3-9-18(25-2)17(20)13-14/h3-10,13,23H,11-12H2,1-2H3,(H,21,24)/b10-4+. The molecule has 2 aromatic rings. The third-order valence-electron chi connectivity index (χ3n) is 3.61. The van der Waals surface area contributed by atoms with Gasteiger partial charge in [-0.1, -0.05) is 6.07 Å². The van der Waals surface area contributed by atoms with Crippen LogP contribution < -0.4 is 15.0 Å². The molecule has 0 saturated heterocycles. The summed E-state index contributed by atoms with van der Waals surface area (Å²) in [4.78, 5) is 13.9. The molecule has 0 heterocycles. The SMILES string of the molecule is COc1ccc(/C=C/C(=O)Nc2ccc(N(C)CCO)cc2)cc1F. The molecule has 0 fully saturated rings. The van der Waals surface area contributed by atoms with E-state index in [2.05, 4.69) is 5.32 Å². The van der Waals surface area contributed by atoms with Gasteiger partial charge in [0, 0.05) is 31.0 Å². The predicted octanol–water partition coefficient (Wildman–Crippen LogP) is 2.91. The van der Waals surface area contributed by atoms with Crippen LogP contribution in [-0.4, -0.2) is 38.3 Å². The second-order valence-corrected chi connectivity index (χ2v) is 5.41. The zero-order valence-electron chi connectivity index (χ0n) is 14.2. The Hall–Kier alpha value is -2.86. The second kappa shape index (κ2) is 8.84. The van der Waals surface area contributed by atoms with Crippen LogP contribution in [0.25, 0.3) is 6.08 Å². The number of aliphatic hydroxyl groups excluding tert-OH is 1. The van der Waals surface area contributed by atoms with Gasteiger partial charge in [0.25, 0.3) is 0 Å². The second-order valence-electron chi connectivity index (χ2n) is 5.41. The van der Waals surface area contributed by atoms with Crippen LogP contribution in [-0.2, 0) is 4.79 Å². The number of benzene rings is 2. The van der Waals surface area contributed by atoms with Gasteiger partial charge in [0.15, 0.2) is 11.6 Å². The molecule has 132 valence electrons. The van der Waals surface area contributed by atoms with E-state index in [0.29, 0.717) is 17.8 Å². The highest BCUT2D eigenvalue weighted by Gasteiger charge is 2.03. The highest BCUT2D eigenvalue weighted by Crippen LogP contribution is 2.19. The van der Waals surface area contributed by atoms with Crippen LogP contribution >= 0.6 is 0 Å². The van der Waals surface area contributed by atoms with E-state index in [1.54, 1.807) is 18.2 Å². The fourth-order valence-electron chi connectivity index (χ4n) is 2.22. The van der Waals surface area contributed by atoms with Gasteiger partial charge in [-0.25, -0.2) is 4.39 Å². The molecule has 0 aliphatic rings. The fraction of sp³-hybridized carbons (Fsp3) is 0.211. The number of hydrogen-bond acceptors (Lipinski definition) is 4. The minimum atomic E-state index is -0.479. The molecule has 0 aliphatic carbocycles. The van der Waals surface area contributed by atoms with Crippen LogP contribution in [0, 0.1) is 5.82 Å². The Labute approximate surface area is 146 Å². The van der Waals surface area contributed by atoms with Gasteiger partial charge in [0.05, 0.1) is 13.7 Å². The number of nitrogens with one attached hydrogen (secondary N) is 1. The van der Waals surface area contributed by atoms with E-state index in [1.165, 1.54) is 31.4 Å². The fourth-order valence-corrected chi connectivity index (χ4v) is 2.22. The summed E-state index contributed by atoms with van der Waals surface area (Å²) in [5.41, 5.74) is 2.16. The van der Waals surface area contributed by atoms with E-state index < -0.39 is 5.82 Å². The third kappa shape index (κ3) is 5.32. The van der Waals surface area contributed by atoms with Gasteiger partial charge in [-0.3, -0.25) is 4.79 Å². The lowest BCUT2D eigenvalue weighted by atomic mass is 10.2. The number of nitrogens with zero attached hydrogens (tertiary/aromatic N) is 1. The molecule has 0 spiro atoms. The molecule has 6 heteroatoms. The van der Waals surface area contributed by atoms with Crippen LogP contribution in [0.15, 0.2) is 48.5 Å². The third-order valence-corrected chi connectivity index (χ3v) is 3.61. The normalized spacial score (nSPS) is 10.7. The minimum Gasteiger partial charge on any atom is -0.494 e. The maximum Gasteiger partial charge on any atom is 0.248 e. The van der Waals surface area contributed by atoms with Crippen LogP contribution in [0.3, 0.4) is 0 Å². The Balaban J connectivity index is 1.96. The largest absolute Gasteiger partial charge is 0.494 e. The van der Waals surface area contributed by atoms with Crippen molar-refractivity contribution in [3.63, 3.8) is 0 Å². The van der Waals surface area contributed by atoms with Gasteiger partial charge in [-0.2, -0.15) is 0 Å². The van der Waals surface area contributed by atoms with Crippen LogP contribution in [0.4, 0.5) is 15.8 Å². The highest BCUT2D eigenvalue weighted by molar-refractivity contribution is 6.02. The smallest absolute Gasteiger partial charge is 0.248 e. The summed E-state index contributed by atoms with van der Waals surface area (Å²) >= 11 is 0. The van der Waals surface area contributed by atoms with E-state index in [9.17, 15) is 9.18 Å². The van der Waals surface area contributed by atoms with Crippen molar-refractivity contribution >= 4 is 23.4 Å². The number of rotatable bonds is 7. The molecular formula is C19H21FN2O3. The number of carbonyl (C=O) groups is 1. The number of amides is 1. The Morgan fingerprint density at radius 3 is 2.60 bits per heavy atom. The summed E-state index contributed by atoms with van der Waals surface area (Å²) in [6, 6.07) is 11.7. The van der Waals surface area contributed by atoms with Crippen molar-refractivity contribution < 1.29 is 19.0 Å². The average Bonchev–Trinajstić information content (AvgIpc) is 2.61. The Kier molecular flexibility index (Phi) is 6.54. The average molecular weight is 344 g/mol. The monoisotopic (exact) mass is 344 g/mol. The zero-order chi connectivity index (χ0) is 18.2. The molecule has 0 atom stereocenters. The summed E-state index contributed by atoms with van der Waals surface area (Å²) < 4.78 is 18.5. The lowest BCUT2D eigenvalue weighted by Crippen LogP contribution is -2.20. The Bertz CT molecular complexity index is 745. The number of aliphatic hydroxyl groups is 1. The molecule has 0 radical (unpaired) electrons. The first-order chi connectivity index (χ1) is 12.0. The van der Waals surface area contributed by atoms with E-state index in [-0.39, 0.29) is 18.3 Å². The molecule has 2 aromatic carbocycles. The van der Waals surface area contributed by atoms with Crippen molar-refractivity contribution in [3.05, 3.63) is 59.9 Å². The summed E-state index contributed by atoms with van der Waals surface area (Å²) in [6.07, 6.45) is 2.87. The van der Waals surface area contributed by atoms with Crippen molar-refractivity contribution in [3.8, 4) is 5.75 Å². The maximum atomic E-state index is 13.6. The Morgan fingerprint density at radius 2 is 2.00 bits per heavy atom. The summed E-state index contributed by atoms with van der Waals surface area (Å²) in [7, 11) is 3.27. The molecule has 2 rings (SSSR count). The van der Waals surface area contributed by atoms with Crippen molar-refractivity contribution in [1.29, 1.82) is 0 Å². The molecule has 0 aliphatic heterocycles. The number of carbonyl (C=O) groups excluding carboxylic acids is 1. The van der Waals surface area contributed by atoms with E-state index in [4.69, 9.17) is 9.84 Å². The quantitative estimate of drug-likeness (QED) is 0.758. The zero-order valence-corrected chi connectivity index (χ0v) is 14.2. The number of methoxy groups -OCH3 is 1. The first-order valence-electron chi connectivity index (χ1n) is 7.78. The van der Waals surface area contributed by atoms with Crippen molar-refractivity contribution in [1.82, 2.24) is 0 Å². The van der Waals surface area contributed by atoms with Gasteiger partial charge >= 0.3 is 0 Å². The Morgan fingerprint density at radius 1 is 1.28 bits per heavy atom. The highest BCUT2D eigenvalue weighted by atomic mass is 19.1. The molecule has 2 N–H and O–H groups in total. The van der Waals surface area contributed by atoms with Crippen LogP contribution in [0.5, 0.6) is 5.75 Å². The van der Waals surface area contributed by atoms with Gasteiger partial charge in [0.1, 0.15) is 0 Å². The van der Waals surface area contributed by atoms with E-state index in [1.807, 2.05) is 24.1 Å². The van der Waals surface area contributed by atoms with E-state index >= 15 is 0 Å². The first kappa shape index (κ1) is 18.5. The number of hydrogen-bond donors (Lipinski definition) is 2. The number of likely N-dealkylation sites (N-methyl/N-ethyl adjacent to an activating group) is 1. The van der Waals surface area contributed by atoms with E-state index in [0.717, 1.165) is 5.69 Å². The number of ether oxygens (including phenoxy) is 1. The van der Waals surface area contributed by atoms with Crippen molar-refractivity contribution in [2.24, 2.45) is 0 Å². The molecule has 25 heavy (non-hydrogen) atoms. The lowest BCUT2D eigenvalue weighted by Gasteiger charge is -2.18. The maximum absolute atomic E-state index is 13.6. The van der Waals surface area contributed by atoms with Crippen LogP contribution in [0.2, 0.25) is 0 Å². The molecule has 0 aromatic heterocycles. The molecule has 0 bridgehead atoms. The summed E-state index contributed by atoms with van der Waals surface area (Å²) in [5, 5.41) is 11.7. The van der Waals surface area contributed by atoms with Gasteiger partial charge < -0.3 is 20.1 Å². The molecule has 5 nitrogen and oxygen atoms in total. The first-order valence-corrected chi connectivity index (χ1v) is 7.78. The van der Waals surface area contributed by atoms with Crippen LogP contribution in [0.1, 0.15) is 5.56 Å². The summed E-state index contributed by atoms with van der Waals surface area (Å²) in [6.45, 7) is 0.610. The molecule has 0 unspecified atom stereocenters. The summed E-state index contributed by atoms with van der Waals surface area (Å²) in [5.74, 6) is -0.631. The van der Waals surface area contributed by atoms with Crippen molar-refractivity contribution in [2.75, 3.05) is 37.5 Å². The van der Waals surface area contributed by atoms with Gasteiger partial charge in [-0.15, -0.1) is 0 Å². The molecule has 0 saturated carbocycles. The lowest BCUT2D eigenvalue weighted by molar-refractivity contribution is -0.111. The van der Waals surface area contributed by atoms with Gasteiger partial charge in [0.2, 0.25) is 5.91 Å². The number of anilines is 2. The number of halogens is 1. The van der Waals surface area contributed by atoms with Gasteiger partial charge in [-0.05, 0) is 48.0 Å². The topological polar surface area (TPSA) is 61.8 Å². The predicted molar refractivity (Wildman–Crippen MR) is 97.4 cm³/mol. The molecular weight excluding hydrogens is 323 g/mol. The van der Waals surface area contributed by atoms with Crippen molar-refractivity contribution in [2.45, 2.75) is 0 Å².